The van der Waals surface area contributed by atoms with E-state index in [0.29, 0.717) is 17.8 Å². The van der Waals surface area contributed by atoms with E-state index in [-0.39, 0.29) is 24.1 Å². The summed E-state index contributed by atoms with van der Waals surface area (Å²) < 4.78 is 16.2. The molecule has 1 fully saturated rings. The van der Waals surface area contributed by atoms with Crippen LogP contribution >= 0.6 is 0 Å². The maximum atomic E-state index is 14.2. The minimum Gasteiger partial charge on any atom is -0.383 e. The SMILES string of the molecule is C[C](O)NC1CCC(n2nc(-c3ccc4[nH]c(Cc5ccccc5F)cc4c3)c3c(N)ncnc32)CC1. The molecule has 1 saturated carbocycles. The Balaban J connectivity index is 1.34. The second kappa shape index (κ2) is 9.57. The number of aromatic nitrogens is 5. The molecule has 6 rings (SSSR count). The average Bonchev–Trinajstić information content (AvgIpc) is 3.47. The molecule has 5 N–H and O–H groups in total. The van der Waals surface area contributed by atoms with Crippen molar-refractivity contribution >= 4 is 27.8 Å². The molecule has 8 nitrogen and oxygen atoms in total. The van der Waals surface area contributed by atoms with Crippen molar-refractivity contribution in [3.05, 3.63) is 78.2 Å². The molecule has 0 saturated heterocycles. The van der Waals surface area contributed by atoms with Crippen molar-refractivity contribution in [3.63, 3.8) is 0 Å². The van der Waals surface area contributed by atoms with Gasteiger partial charge in [0.2, 0.25) is 0 Å². The van der Waals surface area contributed by atoms with Gasteiger partial charge in [-0.05, 0) is 62.4 Å². The third-order valence-electron chi connectivity index (χ3n) is 7.26. The predicted octanol–water partition coefficient (Wildman–Crippen LogP) is 5.24. The summed E-state index contributed by atoms with van der Waals surface area (Å²) in [5.41, 5.74) is 11.3. The Labute approximate surface area is 213 Å². The monoisotopic (exact) mass is 498 g/mol. The van der Waals surface area contributed by atoms with Gasteiger partial charge >= 0.3 is 0 Å². The highest BCUT2D eigenvalue weighted by atomic mass is 19.1. The molecule has 5 aromatic rings. The van der Waals surface area contributed by atoms with Crippen molar-refractivity contribution in [3.8, 4) is 11.3 Å². The van der Waals surface area contributed by atoms with Crippen molar-refractivity contribution in [1.82, 2.24) is 30.0 Å². The third-order valence-corrected chi connectivity index (χ3v) is 7.26. The van der Waals surface area contributed by atoms with Gasteiger partial charge in [0.05, 0.1) is 11.4 Å². The van der Waals surface area contributed by atoms with Crippen molar-refractivity contribution in [1.29, 1.82) is 0 Å². The van der Waals surface area contributed by atoms with Crippen LogP contribution in [0, 0.1) is 12.0 Å². The van der Waals surface area contributed by atoms with Crippen molar-refractivity contribution < 1.29 is 9.50 Å². The van der Waals surface area contributed by atoms with E-state index in [9.17, 15) is 9.50 Å². The molecular weight excluding hydrogens is 469 g/mol. The molecular formula is C28H29FN7O. The Morgan fingerprint density at radius 1 is 1.14 bits per heavy atom. The molecule has 0 aliphatic heterocycles. The number of hydrogen-bond donors (Lipinski definition) is 4. The molecule has 3 heterocycles. The Bertz CT molecular complexity index is 1570. The number of hydrogen-bond acceptors (Lipinski definition) is 6. The van der Waals surface area contributed by atoms with E-state index >= 15 is 0 Å². The molecule has 0 bridgehead atoms. The molecule has 37 heavy (non-hydrogen) atoms. The Morgan fingerprint density at radius 2 is 1.95 bits per heavy atom. The lowest BCUT2D eigenvalue weighted by Gasteiger charge is -2.30. The van der Waals surface area contributed by atoms with Crippen LogP contribution in [0.1, 0.15) is 49.9 Å². The molecule has 0 spiro atoms. The Kier molecular flexibility index (Phi) is 6.10. The van der Waals surface area contributed by atoms with Gasteiger partial charge in [-0.2, -0.15) is 5.10 Å². The third kappa shape index (κ3) is 4.56. The van der Waals surface area contributed by atoms with Gasteiger partial charge in [0, 0.05) is 34.6 Å². The Morgan fingerprint density at radius 3 is 2.73 bits per heavy atom. The number of fused-ring (bicyclic) bond motifs is 2. The summed E-state index contributed by atoms with van der Waals surface area (Å²) in [4.78, 5) is 12.2. The molecule has 0 unspecified atom stereocenters. The van der Waals surface area contributed by atoms with Crippen LogP contribution in [-0.4, -0.2) is 35.9 Å². The van der Waals surface area contributed by atoms with E-state index in [2.05, 4.69) is 32.4 Å². The number of H-pyrrole nitrogens is 1. The maximum absolute atomic E-state index is 14.2. The highest BCUT2D eigenvalue weighted by Crippen LogP contribution is 2.37. The molecule has 0 amide bonds. The van der Waals surface area contributed by atoms with Crippen molar-refractivity contribution in [2.24, 2.45) is 0 Å². The zero-order valence-corrected chi connectivity index (χ0v) is 20.6. The zero-order valence-electron chi connectivity index (χ0n) is 20.6. The number of nitrogens with zero attached hydrogens (tertiary/aromatic N) is 4. The van der Waals surface area contributed by atoms with Crippen LogP contribution in [0.15, 0.2) is 54.9 Å². The Hall–Kier alpha value is -3.82. The van der Waals surface area contributed by atoms with Crippen LogP contribution in [-0.2, 0) is 6.42 Å². The lowest BCUT2D eigenvalue weighted by Crippen LogP contribution is -2.35. The van der Waals surface area contributed by atoms with Gasteiger partial charge in [0.1, 0.15) is 23.7 Å². The summed E-state index contributed by atoms with van der Waals surface area (Å²) in [6.07, 6.45) is 5.93. The largest absolute Gasteiger partial charge is 0.383 e. The summed E-state index contributed by atoms with van der Waals surface area (Å²) >= 11 is 0. The summed E-state index contributed by atoms with van der Waals surface area (Å²) in [7, 11) is 0. The fourth-order valence-electron chi connectivity index (χ4n) is 5.49. The number of benzene rings is 2. The number of aromatic amines is 1. The molecule has 0 atom stereocenters. The van der Waals surface area contributed by atoms with Gasteiger partial charge in [0.15, 0.2) is 11.9 Å². The van der Waals surface area contributed by atoms with Gasteiger partial charge in [-0.3, -0.25) is 5.32 Å². The van der Waals surface area contributed by atoms with Crippen LogP contribution in [0.25, 0.3) is 33.2 Å². The second-order valence-corrected chi connectivity index (χ2v) is 9.85. The summed E-state index contributed by atoms with van der Waals surface area (Å²) in [5, 5.41) is 19.5. The minimum atomic E-state index is -0.205. The topological polar surface area (TPSA) is 118 Å². The van der Waals surface area contributed by atoms with Gasteiger partial charge in [-0.1, -0.05) is 24.3 Å². The fraction of sp³-hybridized carbons (Fsp3) is 0.286. The van der Waals surface area contributed by atoms with Gasteiger partial charge < -0.3 is 15.8 Å². The number of anilines is 1. The number of rotatable bonds is 6. The van der Waals surface area contributed by atoms with Crippen LogP contribution in [0.2, 0.25) is 0 Å². The normalized spacial score (nSPS) is 18.3. The maximum Gasteiger partial charge on any atom is 0.164 e. The minimum absolute atomic E-state index is 0.186. The molecule has 1 aliphatic carbocycles. The zero-order chi connectivity index (χ0) is 25.5. The predicted molar refractivity (Wildman–Crippen MR) is 142 cm³/mol. The summed E-state index contributed by atoms with van der Waals surface area (Å²) in [5.74, 6) is 0.199. The van der Waals surface area contributed by atoms with Crippen LogP contribution in [0.4, 0.5) is 10.2 Å². The molecule has 189 valence electrons. The number of aliphatic hydroxyl groups excluding tert-OH is 1. The van der Waals surface area contributed by atoms with E-state index < -0.39 is 0 Å². The van der Waals surface area contributed by atoms with E-state index in [4.69, 9.17) is 10.8 Å². The van der Waals surface area contributed by atoms with Crippen LogP contribution in [0.5, 0.6) is 0 Å². The van der Waals surface area contributed by atoms with E-state index in [1.54, 1.807) is 19.1 Å². The number of halogens is 1. The van der Waals surface area contributed by atoms with Crippen LogP contribution in [0.3, 0.4) is 0 Å². The molecule has 9 heteroatoms. The van der Waals surface area contributed by atoms with Crippen molar-refractivity contribution in [2.75, 3.05) is 5.73 Å². The average molecular weight is 499 g/mol. The fourth-order valence-corrected chi connectivity index (χ4v) is 5.49. The number of nitrogen functional groups attached to an aromatic ring is 1. The molecule has 1 aliphatic rings. The first-order valence-corrected chi connectivity index (χ1v) is 12.6. The first-order valence-electron chi connectivity index (χ1n) is 12.6. The summed E-state index contributed by atoms with van der Waals surface area (Å²) in [6, 6.07) is 15.5. The first-order chi connectivity index (χ1) is 18.0. The lowest BCUT2D eigenvalue weighted by atomic mass is 9.91. The highest BCUT2D eigenvalue weighted by molar-refractivity contribution is 6.00. The van der Waals surface area contributed by atoms with Crippen LogP contribution < -0.4 is 11.1 Å². The van der Waals surface area contributed by atoms with Gasteiger partial charge in [-0.15, -0.1) is 0 Å². The molecule has 1 radical (unpaired) electrons. The van der Waals surface area contributed by atoms with E-state index in [1.165, 1.54) is 12.4 Å². The molecule has 3 aromatic heterocycles. The number of nitrogens with two attached hydrogens (primary N) is 1. The first kappa shape index (κ1) is 23.6. The van der Waals surface area contributed by atoms with Crippen molar-refractivity contribution in [2.45, 2.75) is 51.1 Å². The molecule has 2 aromatic carbocycles. The van der Waals surface area contributed by atoms with Gasteiger partial charge in [-0.25, -0.2) is 19.0 Å². The lowest BCUT2D eigenvalue weighted by molar-refractivity contribution is 0.211. The van der Waals surface area contributed by atoms with E-state index in [0.717, 1.165) is 64.6 Å². The second-order valence-electron chi connectivity index (χ2n) is 9.85. The van der Waals surface area contributed by atoms with E-state index in [1.807, 2.05) is 22.9 Å². The smallest absolute Gasteiger partial charge is 0.164 e. The number of aliphatic hydroxyl groups is 1. The number of nitrogens with one attached hydrogen (secondary N) is 2. The summed E-state index contributed by atoms with van der Waals surface area (Å²) in [6.45, 7) is 1.67. The van der Waals surface area contributed by atoms with Gasteiger partial charge in [0.25, 0.3) is 0 Å². The standard InChI is InChI=1S/C28H29FN7O/c1-16(37)33-20-7-9-22(10-8-20)36-28-25(27(30)31-15-32-28)26(35-36)18-6-11-24-19(12-18)14-21(34-24)13-17-4-2-3-5-23(17)29/h2-6,11-12,14-15,20,22,33-34,37H,7-10,13H2,1H3,(H2,30,31,32). The quantitative estimate of drug-likeness (QED) is 0.254. The highest BCUT2D eigenvalue weighted by Gasteiger charge is 2.27.